The number of ether oxygens (including phenoxy) is 4. The monoisotopic (exact) mass is 681 g/mol. The number of rotatable bonds is 14. The van der Waals surface area contributed by atoms with Gasteiger partial charge in [0.1, 0.15) is 30.5 Å². The fraction of sp³-hybridized carbons (Fsp3) is 0.897. The number of aliphatic hydroxyl groups excluding tert-OH is 8. The highest BCUT2D eigenvalue weighted by Crippen LogP contribution is 2.32. The summed E-state index contributed by atoms with van der Waals surface area (Å²) >= 11 is 0. The van der Waals surface area contributed by atoms with Gasteiger partial charge in [-0.1, -0.05) is 0 Å². The van der Waals surface area contributed by atoms with E-state index in [-0.39, 0.29) is 39.5 Å². The predicted octanol–water partition coefficient (Wildman–Crippen LogP) is -5.90. The Hall–Kier alpha value is -2.07. The van der Waals surface area contributed by atoms with Gasteiger partial charge in [-0.3, -0.25) is 14.4 Å². The van der Waals surface area contributed by atoms with Crippen LogP contribution in [0, 0.1) is 17.8 Å². The molecule has 18 nitrogen and oxygen atoms in total. The molecule has 2 heterocycles. The molecule has 0 aromatic rings. The number of hydrogen-bond donors (Lipinski definition) is 11. The Labute approximate surface area is 272 Å². The standard InChI is InChI=1S/C29H51N3O15/c1-12(36)30-23-18(39)4-15(5-33)16(26(23)40)8-44-10-21-24(31-13(2)37)27(41)17(19(6-34)46-21)9-45-11-22-25(32-14(3)38)29(43)28(42)20(7-35)47-22/h15-29,33-35,39-43H,4-11H2,1-3H3,(H,30,36)(H,31,37)(H,32,38)/t15?,16-,17-,18+,19?,20?,21-,22-,23?,24?,25?,26?,27?,28-,29?/m0/s1. The molecule has 15 atom stereocenters. The summed E-state index contributed by atoms with van der Waals surface area (Å²) in [4.78, 5) is 35.4. The summed E-state index contributed by atoms with van der Waals surface area (Å²) in [6.07, 6.45) is -10.6. The van der Waals surface area contributed by atoms with Crippen LogP contribution in [0.15, 0.2) is 0 Å². The van der Waals surface area contributed by atoms with Gasteiger partial charge < -0.3 is 75.8 Å². The minimum Gasteiger partial charge on any atom is -0.396 e. The van der Waals surface area contributed by atoms with Gasteiger partial charge >= 0.3 is 0 Å². The van der Waals surface area contributed by atoms with Crippen LogP contribution in [0.4, 0.5) is 0 Å². The van der Waals surface area contributed by atoms with Gasteiger partial charge in [0.2, 0.25) is 17.7 Å². The molecule has 2 aliphatic heterocycles. The van der Waals surface area contributed by atoms with Crippen LogP contribution in [-0.4, -0.2) is 178 Å². The molecule has 9 unspecified atom stereocenters. The van der Waals surface area contributed by atoms with E-state index in [1.165, 1.54) is 20.8 Å². The Balaban J connectivity index is 1.66. The molecule has 3 aliphatic rings. The number of nitrogens with one attached hydrogen (secondary N) is 3. The van der Waals surface area contributed by atoms with Crippen LogP contribution in [0.2, 0.25) is 0 Å². The van der Waals surface area contributed by atoms with Gasteiger partial charge in [0.25, 0.3) is 0 Å². The van der Waals surface area contributed by atoms with E-state index in [1.54, 1.807) is 0 Å². The quantitative estimate of drug-likeness (QED) is 0.0814. The van der Waals surface area contributed by atoms with E-state index in [4.69, 9.17) is 18.9 Å². The number of hydrogen-bond acceptors (Lipinski definition) is 15. The van der Waals surface area contributed by atoms with E-state index in [1.807, 2.05) is 0 Å². The van der Waals surface area contributed by atoms with E-state index in [0.29, 0.717) is 0 Å². The van der Waals surface area contributed by atoms with E-state index >= 15 is 0 Å². The molecule has 0 radical (unpaired) electrons. The molecule has 11 N–H and O–H groups in total. The molecule has 1 saturated carbocycles. The summed E-state index contributed by atoms with van der Waals surface area (Å²) in [5.41, 5.74) is 0. The lowest BCUT2D eigenvalue weighted by Gasteiger charge is -2.46. The normalized spacial score (nSPS) is 40.8. The average molecular weight is 682 g/mol. The largest absolute Gasteiger partial charge is 0.396 e. The lowest BCUT2D eigenvalue weighted by atomic mass is 9.74. The Morgan fingerprint density at radius 1 is 0.574 bits per heavy atom. The maximum absolute atomic E-state index is 12.1. The highest BCUT2D eigenvalue weighted by atomic mass is 16.6. The predicted molar refractivity (Wildman–Crippen MR) is 158 cm³/mol. The molecule has 3 amide bonds. The van der Waals surface area contributed by atoms with Gasteiger partial charge in [-0.25, -0.2) is 0 Å². The smallest absolute Gasteiger partial charge is 0.217 e. The van der Waals surface area contributed by atoms with Gasteiger partial charge in [-0.15, -0.1) is 0 Å². The minimum absolute atomic E-state index is 0.103. The highest BCUT2D eigenvalue weighted by Gasteiger charge is 2.48. The average Bonchev–Trinajstić information content (AvgIpc) is 3.01. The number of carbonyl (C=O) groups excluding carboxylic acids is 3. The molecule has 1 aliphatic carbocycles. The maximum atomic E-state index is 12.1. The van der Waals surface area contributed by atoms with Crippen molar-refractivity contribution in [2.45, 2.75) is 100 Å². The lowest BCUT2D eigenvalue weighted by molar-refractivity contribution is -0.217. The van der Waals surface area contributed by atoms with Gasteiger partial charge in [0.05, 0.1) is 82.2 Å². The van der Waals surface area contributed by atoms with Crippen molar-refractivity contribution in [2.24, 2.45) is 17.8 Å². The van der Waals surface area contributed by atoms with E-state index in [2.05, 4.69) is 16.0 Å². The van der Waals surface area contributed by atoms with Crippen molar-refractivity contribution in [3.63, 3.8) is 0 Å². The first-order valence-corrected chi connectivity index (χ1v) is 15.7. The fourth-order valence-corrected chi connectivity index (χ4v) is 6.71. The first-order chi connectivity index (χ1) is 22.2. The third-order valence-corrected chi connectivity index (χ3v) is 9.14. The first-order valence-electron chi connectivity index (χ1n) is 15.7. The van der Waals surface area contributed by atoms with Crippen LogP contribution < -0.4 is 16.0 Å². The van der Waals surface area contributed by atoms with E-state index in [0.717, 1.165) is 0 Å². The minimum atomic E-state index is -1.47. The molecule has 47 heavy (non-hydrogen) atoms. The molecular weight excluding hydrogens is 630 g/mol. The third-order valence-electron chi connectivity index (χ3n) is 9.14. The molecular formula is C29H51N3O15. The summed E-state index contributed by atoms with van der Waals surface area (Å²) < 4.78 is 23.3. The molecule has 0 aromatic carbocycles. The SMILES string of the molecule is CC(=O)NC1C(O)[C@@H](COC[C@@H]2OC(CO)[C@H](COC[C@@H]3OC(CO)[C@H](O)C(O)C3NC(C)=O)C(O)C2NC(C)=O)C(CO)C[C@H]1O. The van der Waals surface area contributed by atoms with Gasteiger partial charge in [0, 0.05) is 39.2 Å². The first kappa shape index (κ1) is 39.4. The van der Waals surface area contributed by atoms with Crippen molar-refractivity contribution in [2.75, 3.05) is 46.2 Å². The van der Waals surface area contributed by atoms with Crippen molar-refractivity contribution in [1.82, 2.24) is 16.0 Å². The molecule has 0 spiro atoms. The molecule has 0 bridgehead atoms. The van der Waals surface area contributed by atoms with Gasteiger partial charge in [0.15, 0.2) is 0 Å². The van der Waals surface area contributed by atoms with Crippen molar-refractivity contribution < 1.29 is 74.2 Å². The van der Waals surface area contributed by atoms with E-state index < -0.39 is 122 Å². The van der Waals surface area contributed by atoms with Crippen LogP contribution in [0.25, 0.3) is 0 Å². The summed E-state index contributed by atoms with van der Waals surface area (Å²) in [6, 6.07) is -3.08. The Morgan fingerprint density at radius 3 is 1.51 bits per heavy atom. The highest BCUT2D eigenvalue weighted by molar-refractivity contribution is 5.74. The fourth-order valence-electron chi connectivity index (χ4n) is 6.71. The van der Waals surface area contributed by atoms with Crippen LogP contribution >= 0.6 is 0 Å². The van der Waals surface area contributed by atoms with Crippen LogP contribution in [0.1, 0.15) is 27.2 Å². The number of amides is 3. The second kappa shape index (κ2) is 18.1. The summed E-state index contributed by atoms with van der Waals surface area (Å²) in [5, 5.41) is 90.6. The summed E-state index contributed by atoms with van der Waals surface area (Å²) in [7, 11) is 0. The molecule has 3 fully saturated rings. The van der Waals surface area contributed by atoms with Gasteiger partial charge in [-0.2, -0.15) is 0 Å². The Bertz CT molecular complexity index is 1030. The second-order valence-electron chi connectivity index (χ2n) is 12.6. The second-order valence-corrected chi connectivity index (χ2v) is 12.6. The van der Waals surface area contributed by atoms with Crippen LogP contribution in [0.3, 0.4) is 0 Å². The zero-order chi connectivity index (χ0) is 35.0. The zero-order valence-corrected chi connectivity index (χ0v) is 26.8. The molecule has 0 aromatic heterocycles. The third kappa shape index (κ3) is 9.99. The van der Waals surface area contributed by atoms with Crippen molar-refractivity contribution >= 4 is 17.7 Å². The number of aliphatic hydroxyl groups is 8. The molecule has 272 valence electrons. The van der Waals surface area contributed by atoms with E-state index in [9.17, 15) is 55.2 Å². The maximum Gasteiger partial charge on any atom is 0.217 e. The van der Waals surface area contributed by atoms with Crippen LogP contribution in [-0.2, 0) is 33.3 Å². The number of carbonyl (C=O) groups is 3. The zero-order valence-electron chi connectivity index (χ0n) is 26.8. The topological polar surface area (TPSA) is 286 Å². The lowest BCUT2D eigenvalue weighted by Crippen LogP contribution is -2.65. The Morgan fingerprint density at radius 2 is 1.02 bits per heavy atom. The summed E-state index contributed by atoms with van der Waals surface area (Å²) in [5.74, 6) is -3.56. The van der Waals surface area contributed by atoms with Gasteiger partial charge in [-0.05, 0) is 12.3 Å². The molecule has 18 heteroatoms. The Kier molecular flexibility index (Phi) is 15.1. The van der Waals surface area contributed by atoms with Crippen molar-refractivity contribution in [1.29, 1.82) is 0 Å². The summed E-state index contributed by atoms with van der Waals surface area (Å²) in [6.45, 7) is 1.38. The van der Waals surface area contributed by atoms with Crippen LogP contribution in [0.5, 0.6) is 0 Å². The molecule has 3 rings (SSSR count). The van der Waals surface area contributed by atoms with Crippen molar-refractivity contribution in [3.8, 4) is 0 Å². The van der Waals surface area contributed by atoms with Crippen molar-refractivity contribution in [3.05, 3.63) is 0 Å². The molecule has 2 saturated heterocycles.